The van der Waals surface area contributed by atoms with Crippen LogP contribution in [0.25, 0.3) is 0 Å². The van der Waals surface area contributed by atoms with Crippen LogP contribution >= 0.6 is 0 Å². The van der Waals surface area contributed by atoms with E-state index in [2.05, 4.69) is 12.2 Å². The van der Waals surface area contributed by atoms with Crippen LogP contribution in [0.4, 0.5) is 11.4 Å². The number of hydrogen-bond donors (Lipinski definition) is 2. The zero-order chi connectivity index (χ0) is 13.7. The molecule has 19 heavy (non-hydrogen) atoms. The van der Waals surface area contributed by atoms with Crippen LogP contribution in [0, 0.1) is 11.8 Å². The number of nitrogens with two attached hydrogens (primary N) is 1. The summed E-state index contributed by atoms with van der Waals surface area (Å²) in [6.45, 7) is 3.34. The normalized spacial score (nSPS) is 23.1. The van der Waals surface area contributed by atoms with Gasteiger partial charge >= 0.3 is 0 Å². The average molecular weight is 262 g/mol. The highest BCUT2D eigenvalue weighted by molar-refractivity contribution is 5.68. The van der Waals surface area contributed by atoms with Gasteiger partial charge in [0.2, 0.25) is 0 Å². The SMILES string of the molecule is CCC1CCC(CNc2ccc(OC)cc2N)CC1. The van der Waals surface area contributed by atoms with Gasteiger partial charge in [0, 0.05) is 12.6 Å². The first kappa shape index (κ1) is 14.0. The fourth-order valence-electron chi connectivity index (χ4n) is 2.93. The Kier molecular flexibility index (Phi) is 4.94. The van der Waals surface area contributed by atoms with E-state index in [-0.39, 0.29) is 0 Å². The van der Waals surface area contributed by atoms with E-state index in [4.69, 9.17) is 10.5 Å². The van der Waals surface area contributed by atoms with Gasteiger partial charge in [-0.2, -0.15) is 0 Å². The summed E-state index contributed by atoms with van der Waals surface area (Å²) in [6.07, 6.45) is 6.82. The molecule has 3 nitrogen and oxygen atoms in total. The van der Waals surface area contributed by atoms with Gasteiger partial charge in [-0.3, -0.25) is 0 Å². The Bertz CT molecular complexity index is 398. The van der Waals surface area contributed by atoms with E-state index >= 15 is 0 Å². The smallest absolute Gasteiger partial charge is 0.121 e. The first-order valence-electron chi connectivity index (χ1n) is 7.40. The van der Waals surface area contributed by atoms with E-state index in [9.17, 15) is 0 Å². The van der Waals surface area contributed by atoms with Gasteiger partial charge in [-0.05, 0) is 36.8 Å². The van der Waals surface area contributed by atoms with Crippen LogP contribution in [-0.4, -0.2) is 13.7 Å². The van der Waals surface area contributed by atoms with Crippen molar-refractivity contribution < 1.29 is 4.74 Å². The van der Waals surface area contributed by atoms with Crippen molar-refractivity contribution in [3.05, 3.63) is 18.2 Å². The van der Waals surface area contributed by atoms with Crippen molar-refractivity contribution in [1.82, 2.24) is 0 Å². The summed E-state index contributed by atoms with van der Waals surface area (Å²) in [4.78, 5) is 0. The molecule has 0 unspecified atom stereocenters. The minimum Gasteiger partial charge on any atom is -0.497 e. The highest BCUT2D eigenvalue weighted by atomic mass is 16.5. The molecule has 3 N–H and O–H groups in total. The van der Waals surface area contributed by atoms with Crippen LogP contribution in [0.3, 0.4) is 0 Å². The Morgan fingerprint density at radius 3 is 2.47 bits per heavy atom. The van der Waals surface area contributed by atoms with Crippen molar-refractivity contribution in [2.45, 2.75) is 39.0 Å². The van der Waals surface area contributed by atoms with Crippen LogP contribution in [-0.2, 0) is 0 Å². The number of nitrogens with one attached hydrogen (secondary N) is 1. The summed E-state index contributed by atoms with van der Waals surface area (Å²) in [6, 6.07) is 5.83. The third kappa shape index (κ3) is 3.79. The molecule has 0 saturated heterocycles. The second-order valence-electron chi connectivity index (χ2n) is 5.63. The molecule has 0 heterocycles. The maximum atomic E-state index is 6.01. The number of hydrogen-bond acceptors (Lipinski definition) is 3. The Morgan fingerprint density at radius 1 is 1.21 bits per heavy atom. The lowest BCUT2D eigenvalue weighted by Crippen LogP contribution is -2.21. The zero-order valence-corrected chi connectivity index (χ0v) is 12.1. The van der Waals surface area contributed by atoms with Crippen LogP contribution in [0.15, 0.2) is 18.2 Å². The summed E-state index contributed by atoms with van der Waals surface area (Å²) in [5.74, 6) is 2.57. The highest BCUT2D eigenvalue weighted by Gasteiger charge is 2.19. The van der Waals surface area contributed by atoms with E-state index in [0.29, 0.717) is 0 Å². The van der Waals surface area contributed by atoms with Crippen molar-refractivity contribution in [3.8, 4) is 5.75 Å². The Hall–Kier alpha value is -1.38. The Morgan fingerprint density at radius 2 is 1.89 bits per heavy atom. The summed E-state index contributed by atoms with van der Waals surface area (Å²) in [7, 11) is 1.66. The van der Waals surface area contributed by atoms with Gasteiger partial charge in [0.1, 0.15) is 5.75 Å². The summed E-state index contributed by atoms with van der Waals surface area (Å²) in [5, 5.41) is 3.49. The molecule has 0 spiro atoms. The van der Waals surface area contributed by atoms with E-state index in [1.54, 1.807) is 7.11 Å². The van der Waals surface area contributed by atoms with E-state index < -0.39 is 0 Å². The number of anilines is 2. The first-order chi connectivity index (χ1) is 9.22. The molecule has 1 aliphatic rings. The number of ether oxygens (including phenoxy) is 1. The largest absolute Gasteiger partial charge is 0.497 e. The third-order valence-corrected chi connectivity index (χ3v) is 4.38. The molecule has 0 amide bonds. The van der Waals surface area contributed by atoms with Gasteiger partial charge in [0.25, 0.3) is 0 Å². The lowest BCUT2D eigenvalue weighted by atomic mass is 9.81. The topological polar surface area (TPSA) is 47.3 Å². The molecule has 1 saturated carbocycles. The molecule has 0 bridgehead atoms. The van der Waals surface area contributed by atoms with Crippen LogP contribution in [0.1, 0.15) is 39.0 Å². The molecule has 1 fully saturated rings. The fraction of sp³-hybridized carbons (Fsp3) is 0.625. The van der Waals surface area contributed by atoms with Crippen LogP contribution in [0.5, 0.6) is 5.75 Å². The molecule has 0 atom stereocenters. The van der Waals surface area contributed by atoms with Crippen molar-refractivity contribution >= 4 is 11.4 Å². The number of nitrogen functional groups attached to an aromatic ring is 1. The standard InChI is InChI=1S/C16H26N2O/c1-3-12-4-6-13(7-5-12)11-18-16-9-8-14(19-2)10-15(16)17/h8-10,12-13,18H,3-7,11,17H2,1-2H3. The quantitative estimate of drug-likeness (QED) is 0.791. The monoisotopic (exact) mass is 262 g/mol. The predicted molar refractivity (Wildman–Crippen MR) is 81.6 cm³/mol. The third-order valence-electron chi connectivity index (χ3n) is 4.38. The molecular formula is C16H26N2O. The number of benzene rings is 1. The van der Waals surface area contributed by atoms with Crippen LogP contribution < -0.4 is 15.8 Å². The van der Waals surface area contributed by atoms with Gasteiger partial charge in [-0.15, -0.1) is 0 Å². The fourth-order valence-corrected chi connectivity index (χ4v) is 2.93. The van der Waals surface area contributed by atoms with E-state index in [1.807, 2.05) is 18.2 Å². The maximum absolute atomic E-state index is 6.01. The Labute approximate surface area is 116 Å². The van der Waals surface area contributed by atoms with Gasteiger partial charge in [-0.25, -0.2) is 0 Å². The lowest BCUT2D eigenvalue weighted by Gasteiger charge is -2.28. The highest BCUT2D eigenvalue weighted by Crippen LogP contribution is 2.31. The molecular weight excluding hydrogens is 236 g/mol. The van der Waals surface area contributed by atoms with Gasteiger partial charge < -0.3 is 15.8 Å². The molecule has 1 aromatic rings. The lowest BCUT2D eigenvalue weighted by molar-refractivity contribution is 0.278. The van der Waals surface area contributed by atoms with E-state index in [0.717, 1.165) is 35.5 Å². The second kappa shape index (κ2) is 6.69. The van der Waals surface area contributed by atoms with Crippen molar-refractivity contribution in [2.75, 3.05) is 24.7 Å². The van der Waals surface area contributed by atoms with Crippen LogP contribution in [0.2, 0.25) is 0 Å². The van der Waals surface area contributed by atoms with Crippen molar-refractivity contribution in [2.24, 2.45) is 11.8 Å². The van der Waals surface area contributed by atoms with Crippen molar-refractivity contribution in [3.63, 3.8) is 0 Å². The minimum absolute atomic E-state index is 0.765. The average Bonchev–Trinajstić information content (AvgIpc) is 2.46. The molecule has 2 rings (SSSR count). The molecule has 0 aromatic heterocycles. The van der Waals surface area contributed by atoms with Crippen molar-refractivity contribution in [1.29, 1.82) is 0 Å². The first-order valence-corrected chi connectivity index (χ1v) is 7.40. The van der Waals surface area contributed by atoms with E-state index in [1.165, 1.54) is 32.1 Å². The summed E-state index contributed by atoms with van der Waals surface area (Å²) < 4.78 is 5.16. The van der Waals surface area contributed by atoms with Gasteiger partial charge in [0.15, 0.2) is 0 Å². The molecule has 3 heteroatoms. The number of rotatable bonds is 5. The van der Waals surface area contributed by atoms with Gasteiger partial charge in [-0.1, -0.05) is 26.2 Å². The molecule has 0 aliphatic heterocycles. The zero-order valence-electron chi connectivity index (χ0n) is 12.1. The summed E-state index contributed by atoms with van der Waals surface area (Å²) >= 11 is 0. The molecule has 0 radical (unpaired) electrons. The molecule has 1 aliphatic carbocycles. The second-order valence-corrected chi connectivity index (χ2v) is 5.63. The summed E-state index contributed by atoms with van der Waals surface area (Å²) in [5.41, 5.74) is 7.81. The van der Waals surface area contributed by atoms with Gasteiger partial charge in [0.05, 0.1) is 18.5 Å². The predicted octanol–water partition coefficient (Wildman–Crippen LogP) is 3.91. The molecule has 1 aromatic carbocycles. The molecule has 106 valence electrons. The minimum atomic E-state index is 0.765. The maximum Gasteiger partial charge on any atom is 0.121 e. The number of methoxy groups -OCH3 is 1. The Balaban J connectivity index is 1.82.